The van der Waals surface area contributed by atoms with Crippen molar-refractivity contribution in [1.29, 1.82) is 0 Å². The Morgan fingerprint density at radius 3 is 2.63 bits per heavy atom. The number of nitrogen functional groups attached to an aromatic ring is 1. The van der Waals surface area contributed by atoms with E-state index in [0.29, 0.717) is 21.8 Å². The van der Waals surface area contributed by atoms with Crippen LogP contribution in [0.1, 0.15) is 0 Å². The molecule has 4 N–H and O–H groups in total. The van der Waals surface area contributed by atoms with Crippen molar-refractivity contribution in [1.82, 2.24) is 4.98 Å². The number of hydrogen-bond donors (Lipinski definition) is 3. The van der Waals surface area contributed by atoms with Crippen molar-refractivity contribution >= 4 is 33.2 Å². The average molecular weight is 255 g/mol. The summed E-state index contributed by atoms with van der Waals surface area (Å²) < 4.78 is 0. The van der Waals surface area contributed by atoms with Gasteiger partial charge in [-0.1, -0.05) is 0 Å². The van der Waals surface area contributed by atoms with E-state index in [4.69, 9.17) is 5.73 Å². The van der Waals surface area contributed by atoms with Crippen molar-refractivity contribution < 1.29 is 10.2 Å². The van der Waals surface area contributed by atoms with Crippen LogP contribution in [0.25, 0.3) is 21.8 Å². The maximum atomic E-state index is 10.5. The minimum Gasteiger partial charge on any atom is -0.506 e. The van der Waals surface area contributed by atoms with Gasteiger partial charge in [0.25, 0.3) is 0 Å². The van der Waals surface area contributed by atoms with E-state index < -0.39 is 0 Å². The summed E-state index contributed by atoms with van der Waals surface area (Å²) in [4.78, 5) is 14.8. The third-order valence-corrected chi connectivity index (χ3v) is 2.99. The number of hydrogen-bond acceptors (Lipinski definition) is 6. The molecule has 0 radical (unpaired) electrons. The summed E-state index contributed by atoms with van der Waals surface area (Å²) in [6.45, 7) is 0. The van der Waals surface area contributed by atoms with Crippen LogP contribution in [-0.4, -0.2) is 15.2 Å². The summed E-state index contributed by atoms with van der Waals surface area (Å²) in [5.74, 6) is -0.281. The highest BCUT2D eigenvalue weighted by Crippen LogP contribution is 2.35. The lowest BCUT2D eigenvalue weighted by Gasteiger charge is -2.06. The van der Waals surface area contributed by atoms with Gasteiger partial charge in [0.15, 0.2) is 5.69 Å². The summed E-state index contributed by atoms with van der Waals surface area (Å²) in [5.41, 5.74) is 6.85. The average Bonchev–Trinajstić information content (AvgIpc) is 2.41. The molecule has 0 fully saturated rings. The number of rotatable bonds is 1. The first kappa shape index (κ1) is 11.2. The van der Waals surface area contributed by atoms with Crippen molar-refractivity contribution in [2.24, 2.45) is 5.18 Å². The Morgan fingerprint density at radius 1 is 1.11 bits per heavy atom. The Labute approximate surface area is 107 Å². The van der Waals surface area contributed by atoms with E-state index in [1.807, 2.05) is 0 Å². The zero-order valence-corrected chi connectivity index (χ0v) is 9.66. The van der Waals surface area contributed by atoms with Gasteiger partial charge >= 0.3 is 0 Å². The maximum Gasteiger partial charge on any atom is 0.151 e. The number of fused-ring (bicyclic) bond motifs is 2. The number of nitroso groups, excluding NO2 is 1. The second-order valence-corrected chi connectivity index (χ2v) is 4.18. The molecule has 6 nitrogen and oxygen atoms in total. The van der Waals surface area contributed by atoms with Gasteiger partial charge in [-0.2, -0.15) is 0 Å². The van der Waals surface area contributed by atoms with Gasteiger partial charge in [-0.15, -0.1) is 4.91 Å². The van der Waals surface area contributed by atoms with Crippen LogP contribution in [0.4, 0.5) is 11.4 Å². The van der Waals surface area contributed by atoms with Crippen molar-refractivity contribution in [2.75, 3.05) is 5.73 Å². The molecule has 3 rings (SSSR count). The second kappa shape index (κ2) is 3.81. The van der Waals surface area contributed by atoms with Crippen LogP contribution in [0.15, 0.2) is 35.5 Å². The fraction of sp³-hybridized carbons (Fsp3) is 0. The fourth-order valence-corrected chi connectivity index (χ4v) is 2.01. The molecule has 0 aliphatic rings. The number of anilines is 1. The lowest BCUT2D eigenvalue weighted by molar-refractivity contribution is 0.477. The van der Waals surface area contributed by atoms with Crippen molar-refractivity contribution in [2.45, 2.75) is 0 Å². The molecule has 1 heterocycles. The minimum absolute atomic E-state index is 0.0519. The first-order valence-corrected chi connectivity index (χ1v) is 5.48. The Hall–Kier alpha value is -2.89. The number of phenolic OH excluding ortho intramolecular Hbond substituents is 2. The zero-order valence-electron chi connectivity index (χ0n) is 9.66. The largest absolute Gasteiger partial charge is 0.506 e. The predicted octanol–water partition coefficient (Wildman–Crippen LogP) is 2.78. The fourth-order valence-electron chi connectivity index (χ4n) is 2.01. The van der Waals surface area contributed by atoms with Crippen LogP contribution in [0, 0.1) is 4.91 Å². The van der Waals surface area contributed by atoms with Crippen LogP contribution in [0.3, 0.4) is 0 Å². The molecule has 0 aliphatic heterocycles. The predicted molar refractivity (Wildman–Crippen MR) is 72.4 cm³/mol. The van der Waals surface area contributed by atoms with Gasteiger partial charge in [0.2, 0.25) is 0 Å². The van der Waals surface area contributed by atoms with E-state index in [9.17, 15) is 15.1 Å². The van der Waals surface area contributed by atoms with Gasteiger partial charge in [-0.25, -0.2) is 4.98 Å². The minimum atomic E-state index is -0.230. The highest BCUT2D eigenvalue weighted by molar-refractivity contribution is 5.99. The molecular weight excluding hydrogens is 246 g/mol. The van der Waals surface area contributed by atoms with E-state index in [1.54, 1.807) is 18.2 Å². The van der Waals surface area contributed by atoms with Gasteiger partial charge in [0.1, 0.15) is 11.5 Å². The van der Waals surface area contributed by atoms with Gasteiger partial charge in [0.05, 0.1) is 16.7 Å². The maximum absolute atomic E-state index is 10.5. The quantitative estimate of drug-likeness (QED) is 0.268. The van der Waals surface area contributed by atoms with E-state index in [0.717, 1.165) is 0 Å². The molecule has 0 saturated carbocycles. The lowest BCUT2D eigenvalue weighted by atomic mass is 10.1. The first-order chi connectivity index (χ1) is 9.10. The number of aromatic hydroxyl groups is 2. The molecule has 0 amide bonds. The van der Waals surface area contributed by atoms with Crippen LogP contribution in [0.2, 0.25) is 0 Å². The Balaban J connectivity index is 2.45. The molecule has 0 bridgehead atoms. The van der Waals surface area contributed by atoms with Crippen molar-refractivity contribution in [3.8, 4) is 11.5 Å². The molecule has 6 heteroatoms. The topological polar surface area (TPSA) is 109 Å². The van der Waals surface area contributed by atoms with E-state index in [2.05, 4.69) is 10.2 Å². The molecule has 0 unspecified atom stereocenters. The first-order valence-electron chi connectivity index (χ1n) is 5.48. The normalized spacial score (nSPS) is 10.9. The number of pyridine rings is 1. The molecule has 0 saturated heterocycles. The second-order valence-electron chi connectivity index (χ2n) is 4.18. The number of nitrogens with two attached hydrogens (primary N) is 1. The molecule has 94 valence electrons. The monoisotopic (exact) mass is 255 g/mol. The summed E-state index contributed by atoms with van der Waals surface area (Å²) in [5, 5.41) is 23.3. The molecular formula is C13H9N3O3. The number of benzene rings is 2. The van der Waals surface area contributed by atoms with Crippen LogP contribution in [-0.2, 0) is 0 Å². The van der Waals surface area contributed by atoms with Crippen LogP contribution in [0.5, 0.6) is 11.5 Å². The third kappa shape index (κ3) is 1.61. The number of phenols is 2. The summed E-state index contributed by atoms with van der Waals surface area (Å²) in [7, 11) is 0. The van der Waals surface area contributed by atoms with E-state index in [1.165, 1.54) is 12.1 Å². The van der Waals surface area contributed by atoms with Crippen LogP contribution >= 0.6 is 0 Å². The van der Waals surface area contributed by atoms with E-state index in [-0.39, 0.29) is 22.9 Å². The van der Waals surface area contributed by atoms with Crippen molar-refractivity contribution in [3.63, 3.8) is 0 Å². The molecule has 1 aromatic heterocycles. The van der Waals surface area contributed by atoms with Gasteiger partial charge in [0, 0.05) is 10.8 Å². The van der Waals surface area contributed by atoms with Gasteiger partial charge in [-0.3, -0.25) is 0 Å². The smallest absolute Gasteiger partial charge is 0.151 e. The third-order valence-electron chi connectivity index (χ3n) is 2.99. The Bertz CT molecular complexity index is 830. The summed E-state index contributed by atoms with van der Waals surface area (Å²) in [6.07, 6.45) is 0. The Kier molecular flexibility index (Phi) is 2.25. The van der Waals surface area contributed by atoms with Crippen molar-refractivity contribution in [3.05, 3.63) is 35.2 Å². The standard InChI is InChI=1S/C13H9N3O3/c14-8-1-2-9-7(13(8)18)3-6-4-12(17)11(16-19)5-10(6)15-9/h1-5,17-18H,14H2. The Morgan fingerprint density at radius 2 is 1.89 bits per heavy atom. The lowest BCUT2D eigenvalue weighted by Crippen LogP contribution is -1.88. The summed E-state index contributed by atoms with van der Waals surface area (Å²) in [6, 6.07) is 7.64. The molecule has 3 aromatic rings. The van der Waals surface area contributed by atoms with Gasteiger partial charge in [-0.05, 0) is 35.5 Å². The zero-order chi connectivity index (χ0) is 13.6. The molecule has 0 aliphatic carbocycles. The summed E-state index contributed by atoms with van der Waals surface area (Å²) >= 11 is 0. The SMILES string of the molecule is Nc1ccc2nc3cc(N=O)c(O)cc3cc2c1O. The van der Waals surface area contributed by atoms with Crippen LogP contribution < -0.4 is 5.73 Å². The highest BCUT2D eigenvalue weighted by atomic mass is 16.3. The van der Waals surface area contributed by atoms with Gasteiger partial charge < -0.3 is 15.9 Å². The highest BCUT2D eigenvalue weighted by Gasteiger charge is 2.10. The number of aromatic nitrogens is 1. The number of nitrogens with zero attached hydrogens (tertiary/aromatic N) is 2. The van der Waals surface area contributed by atoms with E-state index >= 15 is 0 Å². The molecule has 19 heavy (non-hydrogen) atoms. The molecule has 0 spiro atoms. The molecule has 0 atom stereocenters. The molecule has 2 aromatic carbocycles.